The van der Waals surface area contributed by atoms with Gasteiger partial charge in [-0.2, -0.15) is 0 Å². The van der Waals surface area contributed by atoms with Crippen molar-refractivity contribution < 1.29 is 23.9 Å². The van der Waals surface area contributed by atoms with Gasteiger partial charge in [0.25, 0.3) is 5.91 Å². The third-order valence-corrected chi connectivity index (χ3v) is 2.23. The first-order valence-electron chi connectivity index (χ1n) is 4.75. The molecule has 0 fully saturated rings. The van der Waals surface area contributed by atoms with E-state index in [2.05, 4.69) is 20.8 Å². The van der Waals surface area contributed by atoms with E-state index in [0.29, 0.717) is 4.47 Å². The molecule has 7 heteroatoms. The van der Waals surface area contributed by atoms with Crippen molar-refractivity contribution in [1.29, 1.82) is 0 Å². The largest absolute Gasteiger partial charge is 0.479 e. The van der Waals surface area contributed by atoms with Gasteiger partial charge in [-0.15, -0.1) is 0 Å². The topological polar surface area (TPSA) is 75.6 Å². The molecule has 96 valence electrons. The highest BCUT2D eigenvalue weighted by atomic mass is 79.9. The van der Waals surface area contributed by atoms with Gasteiger partial charge in [0.05, 0.1) is 0 Å². The Bertz CT molecular complexity index is 490. The lowest BCUT2D eigenvalue weighted by Gasteiger charge is -2.00. The Morgan fingerprint density at radius 1 is 1.50 bits per heavy atom. The molecule has 1 rings (SSSR count). The van der Waals surface area contributed by atoms with Crippen LogP contribution in [-0.2, 0) is 14.4 Å². The second kappa shape index (κ2) is 6.87. The number of hydroxylamine groups is 1. The first kappa shape index (κ1) is 14.3. The lowest BCUT2D eigenvalue weighted by Crippen LogP contribution is -2.24. The molecular weight excluding hydrogens is 309 g/mol. The van der Waals surface area contributed by atoms with E-state index < -0.39 is 24.3 Å². The summed E-state index contributed by atoms with van der Waals surface area (Å²) in [6.07, 6.45) is 2.28. The number of halogens is 2. The van der Waals surface area contributed by atoms with Crippen molar-refractivity contribution in [2.45, 2.75) is 0 Å². The third-order valence-electron chi connectivity index (χ3n) is 1.74. The predicted octanol–water partition coefficient (Wildman–Crippen LogP) is 1.73. The van der Waals surface area contributed by atoms with E-state index in [1.54, 1.807) is 0 Å². The van der Waals surface area contributed by atoms with Crippen LogP contribution in [0.3, 0.4) is 0 Å². The molecule has 0 spiro atoms. The summed E-state index contributed by atoms with van der Waals surface area (Å²) in [6, 6.07) is 4.28. The van der Waals surface area contributed by atoms with Crippen molar-refractivity contribution in [1.82, 2.24) is 5.48 Å². The molecule has 0 unspecified atom stereocenters. The molecule has 0 aliphatic heterocycles. The second-order valence-electron chi connectivity index (χ2n) is 3.15. The molecule has 1 aromatic rings. The SMILES string of the molecule is O=C(O)CONC(=O)C=Cc1cc(Br)ccc1F. The zero-order valence-corrected chi connectivity index (χ0v) is 10.6. The maximum atomic E-state index is 13.3. The monoisotopic (exact) mass is 317 g/mol. The standard InChI is InChI=1S/C11H9BrFNO4/c12-8-2-3-9(13)7(5-8)1-4-10(15)14-18-6-11(16)17/h1-5H,6H2,(H,14,15)(H,16,17). The van der Waals surface area contributed by atoms with Crippen molar-refractivity contribution in [3.63, 3.8) is 0 Å². The predicted molar refractivity (Wildman–Crippen MR) is 64.9 cm³/mol. The molecule has 5 nitrogen and oxygen atoms in total. The summed E-state index contributed by atoms with van der Waals surface area (Å²) in [7, 11) is 0. The molecule has 1 amide bonds. The van der Waals surface area contributed by atoms with Crippen LogP contribution < -0.4 is 5.48 Å². The lowest BCUT2D eigenvalue weighted by atomic mass is 10.2. The lowest BCUT2D eigenvalue weighted by molar-refractivity contribution is -0.147. The van der Waals surface area contributed by atoms with Gasteiger partial charge in [-0.3, -0.25) is 9.63 Å². The van der Waals surface area contributed by atoms with E-state index in [1.807, 2.05) is 5.48 Å². The van der Waals surface area contributed by atoms with Crippen LogP contribution >= 0.6 is 15.9 Å². The van der Waals surface area contributed by atoms with Crippen LogP contribution in [-0.4, -0.2) is 23.6 Å². The number of aliphatic carboxylic acids is 1. The summed E-state index contributed by atoms with van der Waals surface area (Å²) in [5.41, 5.74) is 2.10. The number of carboxylic acids is 1. The molecule has 2 N–H and O–H groups in total. The fourth-order valence-corrected chi connectivity index (χ4v) is 1.39. The first-order chi connectivity index (χ1) is 8.49. The number of nitrogens with one attached hydrogen (secondary N) is 1. The molecule has 0 atom stereocenters. The molecule has 0 saturated carbocycles. The number of carbonyl (C=O) groups excluding carboxylic acids is 1. The minimum Gasteiger partial charge on any atom is -0.479 e. The highest BCUT2D eigenvalue weighted by Crippen LogP contribution is 2.16. The van der Waals surface area contributed by atoms with Gasteiger partial charge >= 0.3 is 5.97 Å². The zero-order chi connectivity index (χ0) is 13.5. The Hall–Kier alpha value is -1.73. The minimum absolute atomic E-state index is 0.220. The summed E-state index contributed by atoms with van der Waals surface area (Å²) < 4.78 is 13.9. The van der Waals surface area contributed by atoms with Gasteiger partial charge in [-0.25, -0.2) is 14.7 Å². The van der Waals surface area contributed by atoms with Gasteiger partial charge in [0.2, 0.25) is 0 Å². The van der Waals surface area contributed by atoms with Crippen molar-refractivity contribution in [3.05, 3.63) is 40.1 Å². The molecule has 0 heterocycles. The molecule has 0 radical (unpaired) electrons. The first-order valence-corrected chi connectivity index (χ1v) is 5.55. The number of rotatable bonds is 5. The Kier molecular flexibility index (Phi) is 5.47. The maximum Gasteiger partial charge on any atom is 0.332 e. The number of carboxylic acid groups (broad SMARTS) is 1. The molecule has 0 aromatic heterocycles. The molecule has 18 heavy (non-hydrogen) atoms. The van der Waals surface area contributed by atoms with Crippen LogP contribution in [0.25, 0.3) is 6.08 Å². The van der Waals surface area contributed by atoms with E-state index >= 15 is 0 Å². The number of carbonyl (C=O) groups is 2. The quantitative estimate of drug-likeness (QED) is 0.640. The molecule has 0 bridgehead atoms. The average Bonchev–Trinajstić information content (AvgIpc) is 2.30. The summed E-state index contributed by atoms with van der Waals surface area (Å²) >= 11 is 3.17. The van der Waals surface area contributed by atoms with Crippen molar-refractivity contribution in [2.24, 2.45) is 0 Å². The molecule has 0 saturated heterocycles. The van der Waals surface area contributed by atoms with Gasteiger partial charge in [0.15, 0.2) is 6.61 Å². The van der Waals surface area contributed by atoms with Crippen molar-refractivity contribution in [3.8, 4) is 0 Å². The number of hydrogen-bond donors (Lipinski definition) is 2. The van der Waals surface area contributed by atoms with E-state index in [0.717, 1.165) is 6.08 Å². The molecule has 0 aliphatic rings. The number of hydrogen-bond acceptors (Lipinski definition) is 3. The van der Waals surface area contributed by atoms with Crippen molar-refractivity contribution in [2.75, 3.05) is 6.61 Å². The van der Waals surface area contributed by atoms with Crippen LogP contribution in [0.1, 0.15) is 5.56 Å². The highest BCUT2D eigenvalue weighted by Gasteiger charge is 2.02. The van der Waals surface area contributed by atoms with Gasteiger partial charge in [-0.1, -0.05) is 15.9 Å². The Balaban J connectivity index is 2.55. The zero-order valence-electron chi connectivity index (χ0n) is 9.02. The Morgan fingerprint density at radius 2 is 2.22 bits per heavy atom. The Labute approximate surface area is 110 Å². The highest BCUT2D eigenvalue weighted by molar-refractivity contribution is 9.10. The van der Waals surface area contributed by atoms with E-state index in [4.69, 9.17) is 5.11 Å². The van der Waals surface area contributed by atoms with Crippen molar-refractivity contribution >= 4 is 33.9 Å². The fraction of sp³-hybridized carbons (Fsp3) is 0.0909. The molecular formula is C11H9BrFNO4. The van der Waals surface area contributed by atoms with Crippen LogP contribution in [0.4, 0.5) is 4.39 Å². The van der Waals surface area contributed by atoms with Crippen LogP contribution in [0.5, 0.6) is 0 Å². The van der Waals surface area contributed by atoms with E-state index in [-0.39, 0.29) is 5.56 Å². The molecule has 1 aromatic carbocycles. The third kappa shape index (κ3) is 5.07. The van der Waals surface area contributed by atoms with E-state index in [9.17, 15) is 14.0 Å². The smallest absolute Gasteiger partial charge is 0.332 e. The average molecular weight is 318 g/mol. The normalized spacial score (nSPS) is 10.6. The molecule has 0 aliphatic carbocycles. The number of amides is 1. The van der Waals surface area contributed by atoms with Gasteiger partial charge in [0.1, 0.15) is 5.82 Å². The van der Waals surface area contributed by atoms with Crippen LogP contribution in [0, 0.1) is 5.82 Å². The van der Waals surface area contributed by atoms with Gasteiger partial charge < -0.3 is 5.11 Å². The maximum absolute atomic E-state index is 13.3. The second-order valence-corrected chi connectivity index (χ2v) is 4.06. The summed E-state index contributed by atoms with van der Waals surface area (Å²) in [5.74, 6) is -2.37. The minimum atomic E-state index is -1.21. The van der Waals surface area contributed by atoms with Gasteiger partial charge in [0, 0.05) is 16.1 Å². The van der Waals surface area contributed by atoms with E-state index in [1.165, 1.54) is 24.3 Å². The summed E-state index contributed by atoms with van der Waals surface area (Å²) in [5, 5.41) is 8.25. The number of benzene rings is 1. The fourth-order valence-electron chi connectivity index (χ4n) is 1.01. The van der Waals surface area contributed by atoms with Crippen LogP contribution in [0.2, 0.25) is 0 Å². The van der Waals surface area contributed by atoms with Gasteiger partial charge in [-0.05, 0) is 24.3 Å². The Morgan fingerprint density at radius 3 is 2.89 bits per heavy atom. The summed E-state index contributed by atoms with van der Waals surface area (Å²) in [4.78, 5) is 25.6. The summed E-state index contributed by atoms with van der Waals surface area (Å²) in [6.45, 7) is -0.648. The van der Waals surface area contributed by atoms with Crippen LogP contribution in [0.15, 0.2) is 28.7 Å².